The molecule has 0 radical (unpaired) electrons. The van der Waals surface area contributed by atoms with E-state index in [2.05, 4.69) is 32.6 Å². The van der Waals surface area contributed by atoms with Crippen molar-refractivity contribution in [2.75, 3.05) is 6.54 Å². The number of hydrogen-bond donors (Lipinski definition) is 1. The smallest absolute Gasteiger partial charge is 0.332 e. The molecule has 0 aromatic heterocycles. The first-order valence-electron chi connectivity index (χ1n) is 6.05. The van der Waals surface area contributed by atoms with Crippen molar-refractivity contribution in [2.45, 2.75) is 64.8 Å². The van der Waals surface area contributed by atoms with E-state index < -0.39 is 12.1 Å². The first kappa shape index (κ1) is 13.5. The molecule has 0 aromatic rings. The van der Waals surface area contributed by atoms with Crippen LogP contribution in [0.5, 0.6) is 0 Å². The van der Waals surface area contributed by atoms with E-state index in [9.17, 15) is 4.79 Å². The fraction of sp³-hybridized carbons (Fsp3) is 0.917. The number of carboxylic acid groups (broad SMARTS) is 1. The monoisotopic (exact) mass is 229 g/mol. The van der Waals surface area contributed by atoms with E-state index in [-0.39, 0.29) is 6.10 Å². The first-order chi connectivity index (χ1) is 7.41. The van der Waals surface area contributed by atoms with Crippen molar-refractivity contribution >= 4 is 5.97 Å². The van der Waals surface area contributed by atoms with Crippen LogP contribution in [0.1, 0.15) is 40.5 Å². The fourth-order valence-corrected chi connectivity index (χ4v) is 2.27. The van der Waals surface area contributed by atoms with Gasteiger partial charge in [-0.2, -0.15) is 0 Å². The highest BCUT2D eigenvalue weighted by Gasteiger charge is 2.32. The van der Waals surface area contributed by atoms with Crippen molar-refractivity contribution in [1.29, 1.82) is 0 Å². The van der Waals surface area contributed by atoms with Gasteiger partial charge in [-0.15, -0.1) is 0 Å². The highest BCUT2D eigenvalue weighted by Crippen LogP contribution is 2.22. The van der Waals surface area contributed by atoms with Crippen molar-refractivity contribution in [3.8, 4) is 0 Å². The van der Waals surface area contributed by atoms with Gasteiger partial charge in [-0.1, -0.05) is 0 Å². The maximum Gasteiger partial charge on any atom is 0.332 e. The van der Waals surface area contributed by atoms with Gasteiger partial charge in [0.1, 0.15) is 0 Å². The standard InChI is InChI=1S/C12H23NO3/c1-8(2)13(9(3)4)7-10-5-6-11(16-10)12(14)15/h8-11H,5-7H2,1-4H3,(H,14,15)/t10-,11+/m0/s1. The molecule has 0 spiro atoms. The molecule has 16 heavy (non-hydrogen) atoms. The molecule has 1 N–H and O–H groups in total. The second-order valence-corrected chi connectivity index (χ2v) is 5.05. The zero-order valence-electron chi connectivity index (χ0n) is 10.6. The van der Waals surface area contributed by atoms with Crippen LogP contribution in [-0.4, -0.2) is 46.8 Å². The van der Waals surface area contributed by atoms with Gasteiger partial charge >= 0.3 is 5.97 Å². The number of carbonyl (C=O) groups is 1. The SMILES string of the molecule is CC(C)N(C[C@@H]1CC[C@H](C(=O)O)O1)C(C)C. The second kappa shape index (κ2) is 5.64. The van der Waals surface area contributed by atoms with Gasteiger partial charge in [0.15, 0.2) is 6.10 Å². The molecule has 2 atom stereocenters. The van der Waals surface area contributed by atoms with Gasteiger partial charge in [0.2, 0.25) is 0 Å². The number of aliphatic carboxylic acids is 1. The molecular formula is C12H23NO3. The van der Waals surface area contributed by atoms with Crippen LogP contribution in [0, 0.1) is 0 Å². The summed E-state index contributed by atoms with van der Waals surface area (Å²) in [6.07, 6.45) is 0.980. The van der Waals surface area contributed by atoms with Crippen molar-refractivity contribution in [3.05, 3.63) is 0 Å². The molecule has 1 heterocycles. The minimum atomic E-state index is -0.830. The number of nitrogens with zero attached hydrogens (tertiary/aromatic N) is 1. The van der Waals surface area contributed by atoms with Gasteiger partial charge in [0.25, 0.3) is 0 Å². The Morgan fingerprint density at radius 3 is 2.25 bits per heavy atom. The number of ether oxygens (including phenoxy) is 1. The molecule has 4 nitrogen and oxygen atoms in total. The maximum atomic E-state index is 10.8. The Bertz CT molecular complexity index is 232. The summed E-state index contributed by atoms with van der Waals surface area (Å²) < 4.78 is 5.51. The van der Waals surface area contributed by atoms with Crippen LogP contribution in [0.3, 0.4) is 0 Å². The molecular weight excluding hydrogens is 206 g/mol. The molecule has 0 unspecified atom stereocenters. The van der Waals surface area contributed by atoms with Gasteiger partial charge in [0, 0.05) is 18.6 Å². The van der Waals surface area contributed by atoms with Gasteiger partial charge in [-0.05, 0) is 40.5 Å². The van der Waals surface area contributed by atoms with Crippen LogP contribution >= 0.6 is 0 Å². The lowest BCUT2D eigenvalue weighted by Gasteiger charge is -2.32. The van der Waals surface area contributed by atoms with Gasteiger partial charge in [-0.25, -0.2) is 4.79 Å². The molecule has 1 saturated heterocycles. The van der Waals surface area contributed by atoms with Gasteiger partial charge < -0.3 is 9.84 Å². The average Bonchev–Trinajstić information content (AvgIpc) is 2.61. The minimum absolute atomic E-state index is 0.0749. The Hall–Kier alpha value is -0.610. The lowest BCUT2D eigenvalue weighted by Crippen LogP contribution is -2.42. The number of carboxylic acids is 1. The highest BCUT2D eigenvalue weighted by atomic mass is 16.5. The Balaban J connectivity index is 2.46. The van der Waals surface area contributed by atoms with Gasteiger partial charge in [-0.3, -0.25) is 4.90 Å². The summed E-state index contributed by atoms with van der Waals surface area (Å²) in [5, 5.41) is 8.84. The third-order valence-corrected chi connectivity index (χ3v) is 3.12. The molecule has 1 rings (SSSR count). The van der Waals surface area contributed by atoms with Crippen LogP contribution in [0.4, 0.5) is 0 Å². The molecule has 0 aliphatic carbocycles. The lowest BCUT2D eigenvalue weighted by molar-refractivity contribution is -0.149. The summed E-state index contributed by atoms with van der Waals surface area (Å²) in [5.74, 6) is -0.830. The van der Waals surface area contributed by atoms with E-state index in [1.54, 1.807) is 0 Å². The van der Waals surface area contributed by atoms with E-state index in [1.807, 2.05) is 0 Å². The third-order valence-electron chi connectivity index (χ3n) is 3.12. The fourth-order valence-electron chi connectivity index (χ4n) is 2.27. The molecule has 1 aliphatic rings. The summed E-state index contributed by atoms with van der Waals surface area (Å²) in [5.41, 5.74) is 0. The second-order valence-electron chi connectivity index (χ2n) is 5.05. The average molecular weight is 229 g/mol. The van der Waals surface area contributed by atoms with Gasteiger partial charge in [0.05, 0.1) is 6.10 Å². The highest BCUT2D eigenvalue weighted by molar-refractivity contribution is 5.72. The normalized spacial score (nSPS) is 25.9. The van der Waals surface area contributed by atoms with E-state index in [0.717, 1.165) is 13.0 Å². The molecule has 1 aliphatic heterocycles. The lowest BCUT2D eigenvalue weighted by atomic mass is 10.1. The Morgan fingerprint density at radius 1 is 1.31 bits per heavy atom. The quantitative estimate of drug-likeness (QED) is 0.780. The topological polar surface area (TPSA) is 49.8 Å². The first-order valence-corrected chi connectivity index (χ1v) is 6.05. The summed E-state index contributed by atoms with van der Waals surface area (Å²) in [4.78, 5) is 13.1. The van der Waals surface area contributed by atoms with E-state index in [4.69, 9.17) is 9.84 Å². The summed E-state index contributed by atoms with van der Waals surface area (Å²) >= 11 is 0. The van der Waals surface area contributed by atoms with Crippen molar-refractivity contribution < 1.29 is 14.6 Å². The Morgan fingerprint density at radius 2 is 1.88 bits per heavy atom. The van der Waals surface area contributed by atoms with Crippen LogP contribution < -0.4 is 0 Å². The molecule has 4 heteroatoms. The summed E-state index contributed by atoms with van der Waals surface area (Å²) in [6.45, 7) is 9.46. The summed E-state index contributed by atoms with van der Waals surface area (Å²) in [6, 6.07) is 0.931. The molecule has 1 fully saturated rings. The molecule has 0 saturated carbocycles. The number of hydrogen-bond acceptors (Lipinski definition) is 3. The minimum Gasteiger partial charge on any atom is -0.479 e. The molecule has 0 bridgehead atoms. The number of rotatable bonds is 5. The van der Waals surface area contributed by atoms with E-state index in [0.29, 0.717) is 18.5 Å². The predicted octanol–water partition coefficient (Wildman–Crippen LogP) is 1.74. The molecule has 0 amide bonds. The zero-order valence-corrected chi connectivity index (χ0v) is 10.6. The maximum absolute atomic E-state index is 10.8. The largest absolute Gasteiger partial charge is 0.479 e. The Labute approximate surface area is 97.6 Å². The van der Waals surface area contributed by atoms with Crippen molar-refractivity contribution in [3.63, 3.8) is 0 Å². The van der Waals surface area contributed by atoms with Crippen LogP contribution in [-0.2, 0) is 9.53 Å². The van der Waals surface area contributed by atoms with Crippen LogP contribution in [0.2, 0.25) is 0 Å². The third kappa shape index (κ3) is 3.46. The van der Waals surface area contributed by atoms with Crippen molar-refractivity contribution in [1.82, 2.24) is 4.90 Å². The van der Waals surface area contributed by atoms with E-state index in [1.165, 1.54) is 0 Å². The summed E-state index contributed by atoms with van der Waals surface area (Å²) in [7, 11) is 0. The van der Waals surface area contributed by atoms with E-state index >= 15 is 0 Å². The predicted molar refractivity (Wildman–Crippen MR) is 62.5 cm³/mol. The van der Waals surface area contributed by atoms with Crippen LogP contribution in [0.25, 0.3) is 0 Å². The molecule has 94 valence electrons. The van der Waals surface area contributed by atoms with Crippen LogP contribution in [0.15, 0.2) is 0 Å². The zero-order chi connectivity index (χ0) is 12.3. The van der Waals surface area contributed by atoms with Crippen molar-refractivity contribution in [2.24, 2.45) is 0 Å². The molecule has 0 aromatic carbocycles. The Kier molecular flexibility index (Phi) is 4.74.